The molecule has 0 bridgehead atoms. The molecule has 0 N–H and O–H groups in total. The fourth-order valence-corrected chi connectivity index (χ4v) is 3.75. The van der Waals surface area contributed by atoms with Gasteiger partial charge in [0.15, 0.2) is 0 Å². The molecule has 3 rings (SSSR count). The van der Waals surface area contributed by atoms with E-state index in [2.05, 4.69) is 21.1 Å². The van der Waals surface area contributed by atoms with Crippen molar-refractivity contribution in [1.29, 1.82) is 0 Å². The molecule has 1 aliphatic heterocycles. The quantitative estimate of drug-likeness (QED) is 0.734. The second kappa shape index (κ2) is 6.04. The average molecular weight is 403 g/mol. The number of benzene rings is 1. The van der Waals surface area contributed by atoms with Gasteiger partial charge in [0.25, 0.3) is 0 Å². The number of halogens is 2. The molecular formula is C14H12BrFN2O4S. The molecule has 1 aromatic carbocycles. The SMILES string of the molecule is O=C1CC(CS(=O)(=O)F)CN1c1cc(-c2cccc(Br)c2)no1. The summed E-state index contributed by atoms with van der Waals surface area (Å²) in [6.07, 6.45) is -0.0317. The zero-order valence-electron chi connectivity index (χ0n) is 11.8. The van der Waals surface area contributed by atoms with Crippen LogP contribution in [0.1, 0.15) is 6.42 Å². The highest BCUT2D eigenvalue weighted by Crippen LogP contribution is 2.30. The fourth-order valence-electron chi connectivity index (χ4n) is 2.56. The number of rotatable bonds is 4. The second-order valence-corrected chi connectivity index (χ2v) is 7.67. The van der Waals surface area contributed by atoms with Crippen LogP contribution in [0.15, 0.2) is 39.3 Å². The van der Waals surface area contributed by atoms with Crippen molar-refractivity contribution in [2.24, 2.45) is 5.92 Å². The van der Waals surface area contributed by atoms with Gasteiger partial charge in [0.05, 0.1) is 5.75 Å². The number of anilines is 1. The minimum atomic E-state index is -4.61. The van der Waals surface area contributed by atoms with Crippen molar-refractivity contribution in [3.8, 4) is 11.3 Å². The van der Waals surface area contributed by atoms with Crippen molar-refractivity contribution < 1.29 is 21.6 Å². The predicted molar refractivity (Wildman–Crippen MR) is 85.0 cm³/mol. The van der Waals surface area contributed by atoms with Crippen molar-refractivity contribution in [1.82, 2.24) is 5.16 Å². The van der Waals surface area contributed by atoms with Gasteiger partial charge in [0.2, 0.25) is 11.8 Å². The lowest BCUT2D eigenvalue weighted by molar-refractivity contribution is -0.117. The van der Waals surface area contributed by atoms with Crippen LogP contribution in [0.2, 0.25) is 0 Å². The summed E-state index contributed by atoms with van der Waals surface area (Å²) in [5.74, 6) is -1.33. The maximum absolute atomic E-state index is 12.8. The van der Waals surface area contributed by atoms with E-state index in [0.717, 1.165) is 10.0 Å². The Labute approximate surface area is 140 Å². The smallest absolute Gasteiger partial charge is 0.302 e. The first kappa shape index (κ1) is 16.1. The molecule has 6 nitrogen and oxygen atoms in total. The molecule has 0 radical (unpaired) electrons. The van der Waals surface area contributed by atoms with Gasteiger partial charge in [-0.3, -0.25) is 9.69 Å². The molecule has 0 spiro atoms. The summed E-state index contributed by atoms with van der Waals surface area (Å²) in [6.45, 7) is 0.0924. The summed E-state index contributed by atoms with van der Waals surface area (Å²) in [4.78, 5) is 13.3. The monoisotopic (exact) mass is 402 g/mol. The second-order valence-electron chi connectivity index (χ2n) is 5.34. The maximum Gasteiger partial charge on any atom is 0.302 e. The highest BCUT2D eigenvalue weighted by molar-refractivity contribution is 9.10. The fraction of sp³-hybridized carbons (Fsp3) is 0.286. The molecule has 23 heavy (non-hydrogen) atoms. The summed E-state index contributed by atoms with van der Waals surface area (Å²) in [7, 11) is -4.61. The van der Waals surface area contributed by atoms with Crippen molar-refractivity contribution >= 4 is 37.9 Å². The number of carbonyl (C=O) groups is 1. The third-order valence-corrected chi connectivity index (χ3v) is 4.89. The number of aromatic nitrogens is 1. The standard InChI is InChI=1S/C14H12BrFN2O4S/c15-11-3-1-2-10(5-11)12-6-14(22-17-12)18-7-9(4-13(18)19)8-23(16,20)21/h1-3,5-6,9H,4,7-8H2. The van der Waals surface area contributed by atoms with Crippen LogP contribution >= 0.6 is 15.9 Å². The Kier molecular flexibility index (Phi) is 4.24. The Bertz CT molecular complexity index is 852. The first-order valence-electron chi connectivity index (χ1n) is 6.77. The van der Waals surface area contributed by atoms with Crippen LogP contribution < -0.4 is 4.90 Å². The number of nitrogens with zero attached hydrogens (tertiary/aromatic N) is 2. The van der Waals surface area contributed by atoms with Gasteiger partial charge in [-0.2, -0.15) is 8.42 Å². The molecule has 9 heteroatoms. The lowest BCUT2D eigenvalue weighted by atomic mass is 10.1. The lowest BCUT2D eigenvalue weighted by Gasteiger charge is -2.11. The highest BCUT2D eigenvalue weighted by Gasteiger charge is 2.35. The van der Waals surface area contributed by atoms with Gasteiger partial charge in [-0.1, -0.05) is 33.2 Å². The lowest BCUT2D eigenvalue weighted by Crippen LogP contribution is -2.24. The number of hydrogen-bond acceptors (Lipinski definition) is 5. The zero-order valence-corrected chi connectivity index (χ0v) is 14.2. The van der Waals surface area contributed by atoms with Crippen LogP contribution in [0.3, 0.4) is 0 Å². The third kappa shape index (κ3) is 3.78. The summed E-state index contributed by atoms with van der Waals surface area (Å²) in [5.41, 5.74) is 1.36. The zero-order chi connectivity index (χ0) is 16.6. The molecule has 1 atom stereocenters. The van der Waals surface area contributed by atoms with Gasteiger partial charge in [-0.05, 0) is 12.1 Å². The van der Waals surface area contributed by atoms with Crippen molar-refractivity contribution in [3.63, 3.8) is 0 Å². The molecule has 122 valence electrons. The molecule has 0 aliphatic carbocycles. The third-order valence-electron chi connectivity index (χ3n) is 3.52. The van der Waals surface area contributed by atoms with Gasteiger partial charge >= 0.3 is 10.2 Å². The van der Waals surface area contributed by atoms with E-state index in [0.29, 0.717) is 5.69 Å². The van der Waals surface area contributed by atoms with Gasteiger partial charge in [0, 0.05) is 35.0 Å². The minimum absolute atomic E-state index is 0.0317. The molecule has 1 fully saturated rings. The average Bonchev–Trinajstić information content (AvgIpc) is 3.03. The van der Waals surface area contributed by atoms with E-state index in [1.54, 1.807) is 6.07 Å². The van der Waals surface area contributed by atoms with E-state index in [1.807, 2.05) is 24.3 Å². The van der Waals surface area contributed by atoms with Crippen LogP contribution in [0, 0.1) is 5.92 Å². The molecule has 1 saturated heterocycles. The molecule has 1 amide bonds. The molecule has 0 saturated carbocycles. The first-order valence-corrected chi connectivity index (χ1v) is 9.12. The molecule has 1 aromatic heterocycles. The Morgan fingerprint density at radius 2 is 2.17 bits per heavy atom. The number of amides is 1. The maximum atomic E-state index is 12.8. The number of carbonyl (C=O) groups excluding carboxylic acids is 1. The van der Waals surface area contributed by atoms with Crippen molar-refractivity contribution in [3.05, 3.63) is 34.8 Å². The van der Waals surface area contributed by atoms with E-state index in [4.69, 9.17) is 4.52 Å². The van der Waals surface area contributed by atoms with E-state index >= 15 is 0 Å². The Balaban J connectivity index is 1.79. The topological polar surface area (TPSA) is 80.5 Å². The Hall–Kier alpha value is -1.74. The molecule has 1 unspecified atom stereocenters. The van der Waals surface area contributed by atoms with Crippen LogP contribution in [0.4, 0.5) is 9.77 Å². The van der Waals surface area contributed by atoms with Gasteiger partial charge in [-0.25, -0.2) is 0 Å². The van der Waals surface area contributed by atoms with Crippen molar-refractivity contribution in [2.75, 3.05) is 17.2 Å². The molecule has 2 aromatic rings. The largest absolute Gasteiger partial charge is 0.338 e. The Morgan fingerprint density at radius 3 is 2.87 bits per heavy atom. The van der Waals surface area contributed by atoms with Crippen LogP contribution in [0.25, 0.3) is 11.3 Å². The van der Waals surface area contributed by atoms with Crippen LogP contribution in [0.5, 0.6) is 0 Å². The van der Waals surface area contributed by atoms with E-state index in [-0.39, 0.29) is 24.8 Å². The van der Waals surface area contributed by atoms with E-state index in [1.165, 1.54) is 4.90 Å². The van der Waals surface area contributed by atoms with Gasteiger partial charge in [-0.15, -0.1) is 3.89 Å². The van der Waals surface area contributed by atoms with Gasteiger partial charge in [0.1, 0.15) is 5.69 Å². The molecule has 2 heterocycles. The summed E-state index contributed by atoms with van der Waals surface area (Å²) < 4.78 is 40.3. The highest BCUT2D eigenvalue weighted by atomic mass is 79.9. The number of hydrogen-bond donors (Lipinski definition) is 0. The van der Waals surface area contributed by atoms with E-state index in [9.17, 15) is 17.1 Å². The van der Waals surface area contributed by atoms with Gasteiger partial charge < -0.3 is 4.52 Å². The van der Waals surface area contributed by atoms with Crippen molar-refractivity contribution in [2.45, 2.75) is 6.42 Å². The molecule has 1 aliphatic rings. The summed E-state index contributed by atoms with van der Waals surface area (Å²) >= 11 is 3.36. The molecular weight excluding hydrogens is 391 g/mol. The van der Waals surface area contributed by atoms with Crippen LogP contribution in [-0.2, 0) is 15.0 Å². The normalized spacial score (nSPS) is 18.6. The summed E-state index contributed by atoms with van der Waals surface area (Å²) in [5, 5.41) is 3.92. The summed E-state index contributed by atoms with van der Waals surface area (Å²) in [6, 6.07) is 9.02. The first-order chi connectivity index (χ1) is 10.8. The predicted octanol–water partition coefficient (Wildman–Crippen LogP) is 2.76. The minimum Gasteiger partial charge on any atom is -0.338 e. The van der Waals surface area contributed by atoms with Crippen LogP contribution in [-0.4, -0.2) is 31.8 Å². The Morgan fingerprint density at radius 1 is 1.39 bits per heavy atom. The van der Waals surface area contributed by atoms with E-state index < -0.39 is 21.9 Å².